The van der Waals surface area contributed by atoms with E-state index in [0.717, 1.165) is 18.9 Å². The lowest BCUT2D eigenvalue weighted by Crippen LogP contribution is -2.52. The highest BCUT2D eigenvalue weighted by Gasteiger charge is 2.37. The fourth-order valence-corrected chi connectivity index (χ4v) is 3.51. The van der Waals surface area contributed by atoms with Crippen LogP contribution in [0.3, 0.4) is 0 Å². The molecule has 2 aromatic rings. The number of nitrogens with one attached hydrogen (secondary N) is 2. The number of esters is 2. The topological polar surface area (TPSA) is 114 Å². The number of imidazole rings is 1. The Labute approximate surface area is 176 Å². The predicted octanol–water partition coefficient (Wildman–Crippen LogP) is 1.96. The molecule has 2 N–H and O–H groups in total. The van der Waals surface area contributed by atoms with Crippen molar-refractivity contribution in [2.75, 3.05) is 20.8 Å². The van der Waals surface area contributed by atoms with Crippen molar-refractivity contribution in [1.29, 1.82) is 0 Å². The molecule has 3 rings (SSSR count). The number of aromatic nitrogens is 2. The third-order valence-corrected chi connectivity index (χ3v) is 5.06. The van der Waals surface area contributed by atoms with Crippen LogP contribution >= 0.6 is 11.6 Å². The van der Waals surface area contributed by atoms with Gasteiger partial charge in [-0.05, 0) is 12.1 Å². The van der Waals surface area contributed by atoms with Crippen LogP contribution in [0.1, 0.15) is 29.4 Å². The summed E-state index contributed by atoms with van der Waals surface area (Å²) in [5.41, 5.74) is 1.46. The standard InChI is InChI=1S/C19H20ClFN4O5/c1-29-15(26)8-14(18(27)30-2)24-19(28)25-6-5-13-16(23-9-22-13)17(25)11-4-3-10(20)7-12(11)21/h3-4,7,9,14,17H,5-6,8H2,1-2H3,(H,22,23)(H,24,28)/t14-,17?/m0/s1. The number of H-pyrrole nitrogens is 1. The van der Waals surface area contributed by atoms with Gasteiger partial charge in [-0.3, -0.25) is 4.79 Å². The second kappa shape index (κ2) is 9.12. The normalized spacial score (nSPS) is 16.4. The molecular formula is C19H20ClFN4O5. The largest absolute Gasteiger partial charge is 0.469 e. The number of benzene rings is 1. The molecule has 0 saturated carbocycles. The minimum absolute atomic E-state index is 0.199. The molecule has 160 valence electrons. The number of halogens is 2. The number of aromatic amines is 1. The maximum absolute atomic E-state index is 14.7. The molecule has 30 heavy (non-hydrogen) atoms. The van der Waals surface area contributed by atoms with Gasteiger partial charge in [0, 0.05) is 29.2 Å². The third kappa shape index (κ3) is 4.38. The van der Waals surface area contributed by atoms with Gasteiger partial charge in [0.1, 0.15) is 17.9 Å². The van der Waals surface area contributed by atoms with Gasteiger partial charge in [-0.1, -0.05) is 17.7 Å². The number of fused-ring (bicyclic) bond motifs is 1. The Hall–Kier alpha value is -3.14. The van der Waals surface area contributed by atoms with Crippen molar-refractivity contribution < 1.29 is 28.2 Å². The molecule has 0 saturated heterocycles. The van der Waals surface area contributed by atoms with Gasteiger partial charge < -0.3 is 24.7 Å². The van der Waals surface area contributed by atoms with E-state index >= 15 is 0 Å². The zero-order chi connectivity index (χ0) is 21.8. The molecule has 0 spiro atoms. The fourth-order valence-electron chi connectivity index (χ4n) is 3.35. The van der Waals surface area contributed by atoms with Crippen LogP contribution in [0, 0.1) is 5.82 Å². The number of rotatable bonds is 5. The van der Waals surface area contributed by atoms with Gasteiger partial charge in [0.05, 0.1) is 32.7 Å². The van der Waals surface area contributed by atoms with Crippen LogP contribution in [0.15, 0.2) is 24.5 Å². The van der Waals surface area contributed by atoms with Gasteiger partial charge in [0.25, 0.3) is 0 Å². The highest BCUT2D eigenvalue weighted by atomic mass is 35.5. The van der Waals surface area contributed by atoms with E-state index < -0.39 is 42.3 Å². The number of carbonyl (C=O) groups is 3. The molecular weight excluding hydrogens is 419 g/mol. The van der Waals surface area contributed by atoms with Crippen LogP contribution in [0.2, 0.25) is 5.02 Å². The molecule has 2 atom stereocenters. The smallest absolute Gasteiger partial charge is 0.329 e. The summed E-state index contributed by atoms with van der Waals surface area (Å²) in [5, 5.41) is 2.70. The van der Waals surface area contributed by atoms with E-state index in [0.29, 0.717) is 12.1 Å². The van der Waals surface area contributed by atoms with Gasteiger partial charge in [0.15, 0.2) is 0 Å². The van der Waals surface area contributed by atoms with Crippen molar-refractivity contribution in [2.24, 2.45) is 0 Å². The number of ether oxygens (including phenoxy) is 2. The van der Waals surface area contributed by atoms with Crippen molar-refractivity contribution in [3.05, 3.63) is 52.3 Å². The molecule has 0 aliphatic carbocycles. The minimum atomic E-state index is -1.26. The maximum atomic E-state index is 14.7. The van der Waals surface area contributed by atoms with Crippen LogP contribution in [0.25, 0.3) is 0 Å². The summed E-state index contributed by atoms with van der Waals surface area (Å²) < 4.78 is 23.9. The van der Waals surface area contributed by atoms with Crippen molar-refractivity contribution in [3.63, 3.8) is 0 Å². The summed E-state index contributed by atoms with van der Waals surface area (Å²) >= 11 is 5.87. The number of methoxy groups -OCH3 is 2. The molecule has 0 fully saturated rings. The molecule has 1 aromatic heterocycles. The lowest BCUT2D eigenvalue weighted by atomic mass is 9.95. The summed E-state index contributed by atoms with van der Waals surface area (Å²) in [6.07, 6.45) is 1.52. The van der Waals surface area contributed by atoms with E-state index in [1.165, 1.54) is 30.5 Å². The minimum Gasteiger partial charge on any atom is -0.469 e. The Morgan fingerprint density at radius 1 is 1.37 bits per heavy atom. The summed E-state index contributed by atoms with van der Waals surface area (Å²) in [6.45, 7) is 0.222. The second-order valence-electron chi connectivity index (χ2n) is 6.58. The number of urea groups is 1. The first-order valence-corrected chi connectivity index (χ1v) is 9.42. The van der Waals surface area contributed by atoms with Gasteiger partial charge in [-0.15, -0.1) is 0 Å². The first-order chi connectivity index (χ1) is 14.3. The monoisotopic (exact) mass is 438 g/mol. The SMILES string of the molecule is COC(=O)C[C@H](NC(=O)N1CCc2[nH]cnc2C1c1ccc(Cl)cc1F)C(=O)OC. The number of hydrogen-bond donors (Lipinski definition) is 2. The molecule has 2 amide bonds. The zero-order valence-corrected chi connectivity index (χ0v) is 17.0. The van der Waals surface area contributed by atoms with Crippen LogP contribution in [0.4, 0.5) is 9.18 Å². The summed E-state index contributed by atoms with van der Waals surface area (Å²) in [5.74, 6) is -2.10. The Bertz CT molecular complexity index is 966. The van der Waals surface area contributed by atoms with Gasteiger partial charge in [-0.25, -0.2) is 19.0 Å². The fraction of sp³-hybridized carbons (Fsp3) is 0.368. The Kier molecular flexibility index (Phi) is 6.56. The first-order valence-electron chi connectivity index (χ1n) is 9.04. The summed E-state index contributed by atoms with van der Waals surface area (Å²) in [6, 6.07) is 1.37. The van der Waals surface area contributed by atoms with Gasteiger partial charge >= 0.3 is 18.0 Å². The molecule has 0 bridgehead atoms. The Morgan fingerprint density at radius 3 is 2.80 bits per heavy atom. The van der Waals surface area contributed by atoms with Gasteiger partial charge in [0.2, 0.25) is 0 Å². The van der Waals surface area contributed by atoms with E-state index in [2.05, 4.69) is 24.8 Å². The molecule has 11 heteroatoms. The van der Waals surface area contributed by atoms with E-state index in [1.807, 2.05) is 0 Å². The predicted molar refractivity (Wildman–Crippen MR) is 103 cm³/mol. The van der Waals surface area contributed by atoms with E-state index in [-0.39, 0.29) is 17.1 Å². The number of amides is 2. The molecule has 0 radical (unpaired) electrons. The van der Waals surface area contributed by atoms with Crippen molar-refractivity contribution >= 4 is 29.6 Å². The van der Waals surface area contributed by atoms with Crippen LogP contribution in [-0.2, 0) is 25.5 Å². The average Bonchev–Trinajstić information content (AvgIpc) is 3.21. The quantitative estimate of drug-likeness (QED) is 0.690. The van der Waals surface area contributed by atoms with Crippen LogP contribution < -0.4 is 5.32 Å². The zero-order valence-electron chi connectivity index (χ0n) is 16.3. The lowest BCUT2D eigenvalue weighted by molar-refractivity contribution is -0.149. The summed E-state index contributed by atoms with van der Waals surface area (Å²) in [7, 11) is 2.31. The molecule has 2 heterocycles. The average molecular weight is 439 g/mol. The Morgan fingerprint density at radius 2 is 2.13 bits per heavy atom. The molecule has 1 aliphatic heterocycles. The van der Waals surface area contributed by atoms with Gasteiger partial charge in [-0.2, -0.15) is 0 Å². The molecule has 1 aliphatic rings. The highest BCUT2D eigenvalue weighted by Crippen LogP contribution is 2.35. The van der Waals surface area contributed by atoms with Crippen LogP contribution in [-0.4, -0.2) is 59.6 Å². The summed E-state index contributed by atoms with van der Waals surface area (Å²) in [4.78, 5) is 45.3. The first kappa shape index (κ1) is 21.6. The third-order valence-electron chi connectivity index (χ3n) is 4.82. The second-order valence-corrected chi connectivity index (χ2v) is 7.02. The number of nitrogens with zero attached hydrogens (tertiary/aromatic N) is 2. The number of hydrogen-bond acceptors (Lipinski definition) is 6. The molecule has 1 aromatic carbocycles. The molecule has 1 unspecified atom stereocenters. The lowest BCUT2D eigenvalue weighted by Gasteiger charge is -2.36. The van der Waals surface area contributed by atoms with E-state index in [9.17, 15) is 18.8 Å². The highest BCUT2D eigenvalue weighted by molar-refractivity contribution is 6.30. The van der Waals surface area contributed by atoms with Crippen LogP contribution in [0.5, 0.6) is 0 Å². The van der Waals surface area contributed by atoms with Crippen molar-refractivity contribution in [1.82, 2.24) is 20.2 Å². The maximum Gasteiger partial charge on any atom is 0.329 e. The van der Waals surface area contributed by atoms with Crippen molar-refractivity contribution in [2.45, 2.75) is 24.9 Å². The molecule has 9 nitrogen and oxygen atoms in total. The number of carbonyl (C=O) groups excluding carboxylic acids is 3. The van der Waals surface area contributed by atoms with Crippen molar-refractivity contribution in [3.8, 4) is 0 Å². The van der Waals surface area contributed by atoms with E-state index in [4.69, 9.17) is 11.6 Å². The van der Waals surface area contributed by atoms with E-state index in [1.54, 1.807) is 0 Å². The Balaban J connectivity index is 1.93.